The van der Waals surface area contributed by atoms with Gasteiger partial charge in [0, 0.05) is 37.0 Å². The van der Waals surface area contributed by atoms with Crippen LogP contribution in [0.3, 0.4) is 0 Å². The number of ether oxygens (including phenoxy) is 2. The van der Waals surface area contributed by atoms with E-state index in [0.717, 1.165) is 19.4 Å². The first-order chi connectivity index (χ1) is 15.2. The van der Waals surface area contributed by atoms with Gasteiger partial charge in [-0.25, -0.2) is 9.97 Å². The highest BCUT2D eigenvalue weighted by atomic mass is 19.4. The van der Waals surface area contributed by atoms with Crippen LogP contribution in [-0.2, 0) is 4.74 Å². The largest absolute Gasteiger partial charge is 0.573 e. The minimum atomic E-state index is -4.87. The second-order valence-corrected chi connectivity index (χ2v) is 8.86. The number of aromatic nitrogens is 3. The standard InChI is InChI=1S/C21H25F3N6O2/c1-11-10-31-12(2)8-29(11)18-6-16(27-20(28-18)30-9-13-3-15(30)4-13)14-5-17(19(25)26-7-14)32-21(22,23)24/h5-7,11-13,15H,3-4,8-10H2,1-2H3,(H2,25,26)/t11-,12-,13?,15?/m0/s1. The van der Waals surface area contributed by atoms with Gasteiger partial charge in [0.05, 0.1) is 24.4 Å². The monoisotopic (exact) mass is 450 g/mol. The highest BCUT2D eigenvalue weighted by Crippen LogP contribution is 2.43. The van der Waals surface area contributed by atoms with Gasteiger partial charge in [0.2, 0.25) is 5.95 Å². The quantitative estimate of drug-likeness (QED) is 0.760. The zero-order valence-electron chi connectivity index (χ0n) is 17.8. The van der Waals surface area contributed by atoms with Crippen LogP contribution in [0.15, 0.2) is 18.3 Å². The molecule has 4 fully saturated rings. The first-order valence-electron chi connectivity index (χ1n) is 10.7. The Morgan fingerprint density at radius 2 is 1.91 bits per heavy atom. The second-order valence-electron chi connectivity index (χ2n) is 8.86. The third kappa shape index (κ3) is 4.01. The van der Waals surface area contributed by atoms with E-state index in [1.165, 1.54) is 12.3 Å². The Morgan fingerprint density at radius 3 is 2.59 bits per heavy atom. The lowest BCUT2D eigenvalue weighted by atomic mass is 9.86. The first-order valence-corrected chi connectivity index (χ1v) is 10.7. The Morgan fingerprint density at radius 1 is 1.12 bits per heavy atom. The maximum atomic E-state index is 12.8. The molecule has 0 amide bonds. The van der Waals surface area contributed by atoms with Crippen molar-refractivity contribution in [2.45, 2.75) is 51.2 Å². The Labute approximate surface area is 183 Å². The van der Waals surface area contributed by atoms with Gasteiger partial charge in [-0.05, 0) is 38.7 Å². The summed E-state index contributed by atoms with van der Waals surface area (Å²) in [6, 6.07) is 3.52. The van der Waals surface area contributed by atoms with Crippen LogP contribution >= 0.6 is 0 Å². The highest BCUT2D eigenvalue weighted by molar-refractivity contribution is 5.68. The molecule has 8 nitrogen and oxygen atoms in total. The molecule has 2 atom stereocenters. The number of rotatable bonds is 4. The van der Waals surface area contributed by atoms with Crippen molar-refractivity contribution in [1.82, 2.24) is 15.0 Å². The average Bonchev–Trinajstić information content (AvgIpc) is 3.31. The van der Waals surface area contributed by atoms with Crippen LogP contribution in [0.25, 0.3) is 11.3 Å². The van der Waals surface area contributed by atoms with Crippen LogP contribution in [-0.4, -0.2) is 59.2 Å². The van der Waals surface area contributed by atoms with Crippen molar-refractivity contribution in [3.63, 3.8) is 0 Å². The Balaban J connectivity index is 1.56. The number of alkyl halides is 3. The van der Waals surface area contributed by atoms with Crippen molar-refractivity contribution in [2.75, 3.05) is 35.2 Å². The summed E-state index contributed by atoms with van der Waals surface area (Å²) in [5, 5.41) is 0. The van der Waals surface area contributed by atoms with E-state index in [1.807, 2.05) is 6.92 Å². The van der Waals surface area contributed by atoms with Gasteiger partial charge >= 0.3 is 6.36 Å². The number of morpholine rings is 1. The van der Waals surface area contributed by atoms with Crippen LogP contribution in [0.5, 0.6) is 5.75 Å². The molecule has 32 heavy (non-hydrogen) atoms. The predicted octanol–water partition coefficient (Wildman–Crippen LogP) is 3.23. The lowest BCUT2D eigenvalue weighted by molar-refractivity contribution is -0.274. The number of hydrogen-bond donors (Lipinski definition) is 1. The van der Waals surface area contributed by atoms with Crippen molar-refractivity contribution >= 4 is 17.6 Å². The van der Waals surface area contributed by atoms with Gasteiger partial charge in [0.15, 0.2) is 11.6 Å². The molecule has 2 aromatic rings. The summed E-state index contributed by atoms with van der Waals surface area (Å²) in [6.07, 6.45) is -1.17. The molecule has 0 radical (unpaired) electrons. The van der Waals surface area contributed by atoms with Gasteiger partial charge in [0.1, 0.15) is 5.82 Å². The lowest BCUT2D eigenvalue weighted by Crippen LogP contribution is -2.48. The fraction of sp³-hybridized carbons (Fsp3) is 0.571. The van der Waals surface area contributed by atoms with Gasteiger partial charge < -0.3 is 25.0 Å². The number of hydrogen-bond acceptors (Lipinski definition) is 8. The summed E-state index contributed by atoms with van der Waals surface area (Å²) in [5.74, 6) is 1.07. The van der Waals surface area contributed by atoms with E-state index in [4.69, 9.17) is 20.4 Å². The molecule has 4 aliphatic rings. The van der Waals surface area contributed by atoms with E-state index < -0.39 is 12.1 Å². The molecule has 3 saturated heterocycles. The van der Waals surface area contributed by atoms with Gasteiger partial charge in [0.25, 0.3) is 0 Å². The van der Waals surface area contributed by atoms with E-state index in [9.17, 15) is 13.2 Å². The smallest absolute Gasteiger partial charge is 0.402 e. The van der Waals surface area contributed by atoms with E-state index in [1.54, 1.807) is 6.07 Å². The normalized spacial score (nSPS) is 27.4. The van der Waals surface area contributed by atoms with Gasteiger partial charge in [-0.3, -0.25) is 0 Å². The molecule has 11 heteroatoms. The van der Waals surface area contributed by atoms with E-state index in [-0.39, 0.29) is 18.0 Å². The molecule has 3 aliphatic heterocycles. The van der Waals surface area contributed by atoms with E-state index >= 15 is 0 Å². The van der Waals surface area contributed by atoms with Crippen LogP contribution in [0.2, 0.25) is 0 Å². The predicted molar refractivity (Wildman–Crippen MR) is 112 cm³/mol. The number of nitrogen functional groups attached to an aromatic ring is 1. The zero-order chi connectivity index (χ0) is 22.6. The zero-order valence-corrected chi connectivity index (χ0v) is 17.8. The van der Waals surface area contributed by atoms with Crippen molar-refractivity contribution in [3.8, 4) is 17.0 Å². The number of nitrogens with zero attached hydrogens (tertiary/aromatic N) is 5. The average molecular weight is 450 g/mol. The maximum Gasteiger partial charge on any atom is 0.573 e. The Kier molecular flexibility index (Phi) is 5.03. The van der Waals surface area contributed by atoms with Crippen LogP contribution < -0.4 is 20.3 Å². The maximum absolute atomic E-state index is 12.8. The minimum Gasteiger partial charge on any atom is -0.402 e. The highest BCUT2D eigenvalue weighted by Gasteiger charge is 2.44. The molecule has 0 spiro atoms. The number of anilines is 3. The molecule has 5 heterocycles. The summed E-state index contributed by atoms with van der Waals surface area (Å²) in [5.41, 5.74) is 6.46. The fourth-order valence-corrected chi connectivity index (χ4v) is 4.65. The molecule has 0 aromatic carbocycles. The summed E-state index contributed by atoms with van der Waals surface area (Å²) in [7, 11) is 0. The fourth-order valence-electron chi connectivity index (χ4n) is 4.65. The number of halogens is 3. The number of pyridine rings is 1. The molecule has 6 rings (SSSR count). The summed E-state index contributed by atoms with van der Waals surface area (Å²) in [4.78, 5) is 17.8. The van der Waals surface area contributed by atoms with Crippen molar-refractivity contribution in [3.05, 3.63) is 18.3 Å². The number of nitrogens with two attached hydrogens (primary N) is 1. The number of fused-ring (bicyclic) bond motifs is 1. The van der Waals surface area contributed by atoms with E-state index in [0.29, 0.717) is 48.1 Å². The molecule has 0 unspecified atom stereocenters. The van der Waals surface area contributed by atoms with Gasteiger partial charge in [-0.15, -0.1) is 13.2 Å². The Hall–Kier alpha value is -2.82. The molecule has 2 aromatic heterocycles. The summed E-state index contributed by atoms with van der Waals surface area (Å²) >= 11 is 0. The summed E-state index contributed by atoms with van der Waals surface area (Å²) in [6.45, 7) is 6.18. The molecule has 172 valence electrons. The topological polar surface area (TPSA) is 89.6 Å². The molecule has 1 aliphatic carbocycles. The molecule has 2 bridgehead atoms. The van der Waals surface area contributed by atoms with Crippen molar-refractivity contribution < 1.29 is 22.6 Å². The van der Waals surface area contributed by atoms with Gasteiger partial charge in [-0.2, -0.15) is 4.98 Å². The Bertz CT molecular complexity index is 1010. The molecule has 1 saturated carbocycles. The second kappa shape index (κ2) is 7.65. The molecular formula is C21H25F3N6O2. The van der Waals surface area contributed by atoms with Gasteiger partial charge in [-0.1, -0.05) is 0 Å². The molecule has 2 N–H and O–H groups in total. The third-order valence-electron chi connectivity index (χ3n) is 6.37. The van der Waals surface area contributed by atoms with Crippen LogP contribution in [0, 0.1) is 5.92 Å². The van der Waals surface area contributed by atoms with E-state index in [2.05, 4.69) is 26.4 Å². The van der Waals surface area contributed by atoms with Crippen molar-refractivity contribution in [2.24, 2.45) is 5.92 Å². The van der Waals surface area contributed by atoms with Crippen LogP contribution in [0.4, 0.5) is 30.8 Å². The first kappa shape index (κ1) is 21.0. The molecular weight excluding hydrogens is 425 g/mol. The van der Waals surface area contributed by atoms with Crippen molar-refractivity contribution in [1.29, 1.82) is 0 Å². The summed E-state index contributed by atoms with van der Waals surface area (Å²) < 4.78 is 48.2. The lowest BCUT2D eigenvalue weighted by Gasteiger charge is -2.38. The third-order valence-corrected chi connectivity index (χ3v) is 6.37. The minimum absolute atomic E-state index is 0.0395. The SMILES string of the molecule is C[C@H]1CN(c2cc(-c3cnc(N)c(OC(F)(F)F)c3)nc(N3CC4CC3C4)n2)[C@@H](C)CO1. The van der Waals surface area contributed by atoms with Crippen LogP contribution in [0.1, 0.15) is 26.7 Å².